The summed E-state index contributed by atoms with van der Waals surface area (Å²) < 4.78 is 10.4. The fourth-order valence-corrected chi connectivity index (χ4v) is 2.43. The molecule has 0 heterocycles. The lowest BCUT2D eigenvalue weighted by Gasteiger charge is -2.18. The van der Waals surface area contributed by atoms with Crippen LogP contribution in [-0.4, -0.2) is 37.2 Å². The van der Waals surface area contributed by atoms with Crippen LogP contribution in [0.5, 0.6) is 11.5 Å². The number of benzene rings is 1. The Morgan fingerprint density at radius 1 is 1.21 bits per heavy atom. The van der Waals surface area contributed by atoms with Crippen molar-refractivity contribution < 1.29 is 24.2 Å². The summed E-state index contributed by atoms with van der Waals surface area (Å²) in [6, 6.07) is 4.66. The number of carbonyl (C=O) groups excluding carboxylic acids is 1. The average Bonchev–Trinajstić information content (AvgIpc) is 2.57. The summed E-state index contributed by atoms with van der Waals surface area (Å²) in [7, 11) is 3.12. The minimum atomic E-state index is -0.991. The molecule has 0 bridgehead atoms. The van der Waals surface area contributed by atoms with Crippen molar-refractivity contribution in [1.82, 2.24) is 5.32 Å². The molecule has 0 saturated heterocycles. The van der Waals surface area contributed by atoms with Crippen LogP contribution in [0.4, 0.5) is 0 Å². The molecule has 2 atom stereocenters. The highest BCUT2D eigenvalue weighted by Crippen LogP contribution is 2.28. The van der Waals surface area contributed by atoms with Crippen LogP contribution in [-0.2, 0) is 16.0 Å². The quantitative estimate of drug-likeness (QED) is 0.685. The molecule has 0 aliphatic carbocycles. The normalized spacial score (nSPS) is 13.0. The van der Waals surface area contributed by atoms with Gasteiger partial charge in [0.25, 0.3) is 0 Å². The molecule has 24 heavy (non-hydrogen) atoms. The predicted octanol–water partition coefficient (Wildman–Crippen LogP) is 2.64. The third-order valence-electron chi connectivity index (χ3n) is 3.90. The minimum absolute atomic E-state index is 0.256. The molecule has 0 spiro atoms. The Morgan fingerprint density at radius 2 is 1.88 bits per heavy atom. The molecule has 1 aromatic carbocycles. The van der Waals surface area contributed by atoms with Gasteiger partial charge in [0.15, 0.2) is 11.5 Å². The second-order valence-electron chi connectivity index (χ2n) is 5.84. The van der Waals surface area contributed by atoms with Crippen molar-refractivity contribution in [3.05, 3.63) is 23.8 Å². The summed E-state index contributed by atoms with van der Waals surface area (Å²) in [6.45, 7) is 3.77. The fraction of sp³-hybridized carbons (Fsp3) is 0.556. The van der Waals surface area contributed by atoms with Crippen molar-refractivity contribution >= 4 is 11.9 Å². The van der Waals surface area contributed by atoms with Crippen molar-refractivity contribution in [2.24, 2.45) is 5.92 Å². The van der Waals surface area contributed by atoms with E-state index in [1.807, 2.05) is 19.1 Å². The lowest BCUT2D eigenvalue weighted by Crippen LogP contribution is -2.43. The molecule has 1 amide bonds. The van der Waals surface area contributed by atoms with Gasteiger partial charge in [-0.25, -0.2) is 4.79 Å². The number of nitrogens with one attached hydrogen (secondary N) is 1. The van der Waals surface area contributed by atoms with E-state index in [-0.39, 0.29) is 11.8 Å². The van der Waals surface area contributed by atoms with Crippen LogP contribution in [0.2, 0.25) is 0 Å². The van der Waals surface area contributed by atoms with Crippen LogP contribution < -0.4 is 14.8 Å². The molecule has 6 nitrogen and oxygen atoms in total. The van der Waals surface area contributed by atoms with E-state index in [9.17, 15) is 14.7 Å². The van der Waals surface area contributed by atoms with E-state index in [4.69, 9.17) is 9.47 Å². The minimum Gasteiger partial charge on any atom is -0.493 e. The summed E-state index contributed by atoms with van der Waals surface area (Å²) >= 11 is 0. The number of hydrogen-bond acceptors (Lipinski definition) is 4. The first-order valence-corrected chi connectivity index (χ1v) is 8.17. The SMILES string of the molecule is CCCCC(NC(=O)C(C)Cc1ccc(OC)c(OC)c1)C(=O)O. The van der Waals surface area contributed by atoms with E-state index >= 15 is 0 Å². The summed E-state index contributed by atoms with van der Waals surface area (Å²) in [4.78, 5) is 23.5. The maximum atomic E-state index is 12.3. The third-order valence-corrected chi connectivity index (χ3v) is 3.90. The molecule has 2 unspecified atom stereocenters. The Kier molecular flexibility index (Phi) is 8.09. The summed E-state index contributed by atoms with van der Waals surface area (Å²) in [6.07, 6.45) is 2.59. The van der Waals surface area contributed by atoms with E-state index in [2.05, 4.69) is 5.32 Å². The van der Waals surface area contributed by atoms with Gasteiger partial charge in [-0.05, 0) is 30.5 Å². The summed E-state index contributed by atoms with van der Waals surface area (Å²) in [5.41, 5.74) is 0.927. The van der Waals surface area contributed by atoms with Crippen molar-refractivity contribution in [1.29, 1.82) is 0 Å². The van der Waals surface area contributed by atoms with Gasteiger partial charge in [-0.3, -0.25) is 4.79 Å². The van der Waals surface area contributed by atoms with Gasteiger partial charge < -0.3 is 19.9 Å². The Hall–Kier alpha value is -2.24. The number of hydrogen-bond donors (Lipinski definition) is 2. The standard InChI is InChI=1S/C18H27NO5/c1-5-6-7-14(18(21)22)19-17(20)12(2)10-13-8-9-15(23-3)16(11-13)24-4/h8-9,11-12,14H,5-7,10H2,1-4H3,(H,19,20)(H,21,22). The van der Waals surface area contributed by atoms with Gasteiger partial charge in [-0.1, -0.05) is 32.8 Å². The zero-order chi connectivity index (χ0) is 18.1. The van der Waals surface area contributed by atoms with Crippen LogP contribution in [0.25, 0.3) is 0 Å². The molecule has 0 aromatic heterocycles. The molecule has 2 N–H and O–H groups in total. The van der Waals surface area contributed by atoms with Gasteiger partial charge in [-0.15, -0.1) is 0 Å². The van der Waals surface area contributed by atoms with E-state index in [1.54, 1.807) is 27.2 Å². The molecule has 0 radical (unpaired) electrons. The van der Waals surface area contributed by atoms with Crippen LogP contribution in [0.3, 0.4) is 0 Å². The maximum Gasteiger partial charge on any atom is 0.326 e. The molecule has 1 rings (SSSR count). The topological polar surface area (TPSA) is 84.9 Å². The number of methoxy groups -OCH3 is 2. The lowest BCUT2D eigenvalue weighted by atomic mass is 9.99. The average molecular weight is 337 g/mol. The molecule has 1 aromatic rings. The number of carbonyl (C=O) groups is 2. The molecule has 0 aliphatic rings. The first-order valence-electron chi connectivity index (χ1n) is 8.17. The molecule has 0 saturated carbocycles. The molecule has 6 heteroatoms. The van der Waals surface area contributed by atoms with E-state index in [0.29, 0.717) is 24.3 Å². The zero-order valence-electron chi connectivity index (χ0n) is 14.8. The number of amides is 1. The number of carboxylic acids is 1. The highest BCUT2D eigenvalue weighted by atomic mass is 16.5. The smallest absolute Gasteiger partial charge is 0.326 e. The van der Waals surface area contributed by atoms with E-state index in [1.165, 1.54) is 0 Å². The summed E-state index contributed by atoms with van der Waals surface area (Å²) in [5.74, 6) is -0.354. The molecule has 0 aliphatic heterocycles. The number of aliphatic carboxylic acids is 1. The highest BCUT2D eigenvalue weighted by Gasteiger charge is 2.22. The van der Waals surface area contributed by atoms with Gasteiger partial charge in [0.05, 0.1) is 14.2 Å². The molecular weight excluding hydrogens is 310 g/mol. The van der Waals surface area contributed by atoms with E-state index < -0.39 is 12.0 Å². The Balaban J connectivity index is 2.70. The Labute approximate surface area is 143 Å². The van der Waals surface area contributed by atoms with Gasteiger partial charge in [-0.2, -0.15) is 0 Å². The second kappa shape index (κ2) is 9.80. The van der Waals surface area contributed by atoms with Gasteiger partial charge in [0.1, 0.15) is 6.04 Å². The number of ether oxygens (including phenoxy) is 2. The molecule has 0 fully saturated rings. The monoisotopic (exact) mass is 337 g/mol. The zero-order valence-corrected chi connectivity index (χ0v) is 14.8. The predicted molar refractivity (Wildman–Crippen MR) is 91.5 cm³/mol. The van der Waals surface area contributed by atoms with Crippen LogP contribution in [0.1, 0.15) is 38.7 Å². The Bertz CT molecular complexity index is 558. The van der Waals surface area contributed by atoms with Crippen molar-refractivity contribution in [3.63, 3.8) is 0 Å². The molecular formula is C18H27NO5. The van der Waals surface area contributed by atoms with Gasteiger partial charge in [0, 0.05) is 5.92 Å². The highest BCUT2D eigenvalue weighted by molar-refractivity contribution is 5.84. The van der Waals surface area contributed by atoms with E-state index in [0.717, 1.165) is 18.4 Å². The van der Waals surface area contributed by atoms with Crippen LogP contribution >= 0.6 is 0 Å². The van der Waals surface area contributed by atoms with Crippen molar-refractivity contribution in [2.45, 2.75) is 45.6 Å². The lowest BCUT2D eigenvalue weighted by molar-refractivity contribution is -0.142. The summed E-state index contributed by atoms with van der Waals surface area (Å²) in [5, 5.41) is 11.8. The number of unbranched alkanes of at least 4 members (excludes halogenated alkanes) is 1. The maximum absolute atomic E-state index is 12.3. The van der Waals surface area contributed by atoms with Gasteiger partial charge in [0.2, 0.25) is 5.91 Å². The Morgan fingerprint density at radius 3 is 2.42 bits per heavy atom. The third kappa shape index (κ3) is 5.76. The largest absolute Gasteiger partial charge is 0.493 e. The second-order valence-corrected chi connectivity index (χ2v) is 5.84. The van der Waals surface area contributed by atoms with Crippen molar-refractivity contribution in [2.75, 3.05) is 14.2 Å². The molecule has 134 valence electrons. The van der Waals surface area contributed by atoms with Crippen molar-refractivity contribution in [3.8, 4) is 11.5 Å². The first-order chi connectivity index (χ1) is 11.4. The number of rotatable bonds is 10. The van der Waals surface area contributed by atoms with Crippen LogP contribution in [0.15, 0.2) is 18.2 Å². The fourth-order valence-electron chi connectivity index (χ4n) is 2.43. The number of carboxylic acid groups (broad SMARTS) is 1. The van der Waals surface area contributed by atoms with Crippen LogP contribution in [0, 0.1) is 5.92 Å². The van der Waals surface area contributed by atoms with Gasteiger partial charge >= 0.3 is 5.97 Å². The first kappa shape index (κ1) is 19.8.